The Hall–Kier alpha value is -2.51. The molecule has 1 aromatic heterocycles. The molecule has 1 heterocycles. The van der Waals surface area contributed by atoms with Gasteiger partial charge in [0.05, 0.1) is 20.6 Å². The summed E-state index contributed by atoms with van der Waals surface area (Å²) >= 11 is 0. The molecule has 6 nitrogen and oxygen atoms in total. The summed E-state index contributed by atoms with van der Waals surface area (Å²) < 4.78 is 18.6. The number of benzene rings is 2. The van der Waals surface area contributed by atoms with Crippen molar-refractivity contribution in [2.24, 2.45) is 4.47 Å². The van der Waals surface area contributed by atoms with Gasteiger partial charge in [0.25, 0.3) is 5.56 Å². The van der Waals surface area contributed by atoms with Crippen LogP contribution in [0.5, 0.6) is 0 Å². The number of aliphatic hydroxyl groups is 1. The lowest BCUT2D eigenvalue weighted by molar-refractivity contribution is 0.183. The summed E-state index contributed by atoms with van der Waals surface area (Å²) in [7, 11) is -2.87. The minimum Gasteiger partial charge on any atom is -0.385 e. The molecule has 2 atom stereocenters. The van der Waals surface area contributed by atoms with Crippen molar-refractivity contribution >= 4 is 20.6 Å². The number of aromatic nitrogens is 2. The summed E-state index contributed by atoms with van der Waals surface area (Å²) in [4.78, 5) is 17.7. The normalized spacial score (nSPS) is 14.8. The van der Waals surface area contributed by atoms with E-state index in [0.29, 0.717) is 15.8 Å². The summed E-state index contributed by atoms with van der Waals surface area (Å²) in [6, 6.07) is 15.6. The molecule has 0 aliphatic carbocycles. The molecule has 0 radical (unpaired) electrons. The van der Waals surface area contributed by atoms with E-state index in [-0.39, 0.29) is 11.6 Å². The molecule has 25 heavy (non-hydrogen) atoms. The van der Waals surface area contributed by atoms with Gasteiger partial charge in [0.15, 0.2) is 5.82 Å². The van der Waals surface area contributed by atoms with Crippen molar-refractivity contribution in [3.63, 3.8) is 0 Å². The van der Waals surface area contributed by atoms with Crippen LogP contribution < -0.4 is 5.56 Å². The van der Waals surface area contributed by atoms with Crippen molar-refractivity contribution in [3.8, 4) is 0 Å². The van der Waals surface area contributed by atoms with Crippen LogP contribution in [0, 0.1) is 0 Å². The average molecular weight is 357 g/mol. The van der Waals surface area contributed by atoms with Gasteiger partial charge in [-0.05, 0) is 31.2 Å². The van der Waals surface area contributed by atoms with Gasteiger partial charge in [0.1, 0.15) is 6.10 Å². The molecule has 0 spiro atoms. The van der Waals surface area contributed by atoms with Crippen LogP contribution in [0.15, 0.2) is 68.8 Å². The number of aliphatic hydroxyl groups excluding tert-OH is 1. The summed E-state index contributed by atoms with van der Waals surface area (Å²) in [6.45, 7) is 3.25. The highest BCUT2D eigenvalue weighted by molar-refractivity contribution is 7.93. The Morgan fingerprint density at radius 1 is 1.16 bits per heavy atom. The van der Waals surface area contributed by atoms with E-state index in [1.54, 1.807) is 55.5 Å². The zero-order chi connectivity index (χ0) is 18.0. The molecule has 130 valence electrons. The third-order valence-electron chi connectivity index (χ3n) is 3.87. The molecule has 0 saturated heterocycles. The van der Waals surface area contributed by atoms with Crippen LogP contribution in [0.1, 0.15) is 25.8 Å². The Morgan fingerprint density at radius 3 is 2.44 bits per heavy atom. The first-order chi connectivity index (χ1) is 12.0. The Bertz CT molecular complexity index is 1080. The quantitative estimate of drug-likeness (QED) is 0.778. The van der Waals surface area contributed by atoms with Crippen molar-refractivity contribution in [1.29, 1.82) is 0 Å². The third kappa shape index (κ3) is 3.20. The lowest BCUT2D eigenvalue weighted by atomic mass is 10.2. The fourth-order valence-electron chi connectivity index (χ4n) is 2.53. The van der Waals surface area contributed by atoms with E-state index in [0.717, 1.165) is 4.68 Å². The molecule has 0 unspecified atom stereocenters. The third-order valence-corrected chi connectivity index (χ3v) is 6.09. The second kappa shape index (κ2) is 6.78. The highest BCUT2D eigenvalue weighted by Crippen LogP contribution is 2.17. The number of nitrogens with zero attached hydrogens (tertiary/aromatic N) is 3. The first kappa shape index (κ1) is 17.3. The van der Waals surface area contributed by atoms with Gasteiger partial charge in [0.2, 0.25) is 0 Å². The van der Waals surface area contributed by atoms with Crippen molar-refractivity contribution < 1.29 is 9.32 Å². The maximum absolute atomic E-state index is 13.4. The molecule has 0 bridgehead atoms. The van der Waals surface area contributed by atoms with Gasteiger partial charge in [0, 0.05) is 10.6 Å². The highest BCUT2D eigenvalue weighted by atomic mass is 32.2. The lowest BCUT2D eigenvalue weighted by Gasteiger charge is -2.14. The monoisotopic (exact) mass is 357 g/mol. The maximum Gasteiger partial charge on any atom is 0.282 e. The topological polar surface area (TPSA) is 84.6 Å². The number of rotatable bonds is 4. The molecule has 7 heteroatoms. The van der Waals surface area contributed by atoms with E-state index in [9.17, 15) is 14.1 Å². The maximum atomic E-state index is 13.4. The number of para-hydroxylation sites is 1. The van der Waals surface area contributed by atoms with Gasteiger partial charge >= 0.3 is 0 Å². The van der Waals surface area contributed by atoms with Gasteiger partial charge in [-0.3, -0.25) is 4.79 Å². The largest absolute Gasteiger partial charge is 0.385 e. The van der Waals surface area contributed by atoms with Crippen molar-refractivity contribution in [1.82, 2.24) is 9.66 Å². The molecular weight excluding hydrogens is 338 g/mol. The van der Waals surface area contributed by atoms with Crippen LogP contribution in [0.4, 0.5) is 0 Å². The lowest BCUT2D eigenvalue weighted by Crippen LogP contribution is -2.25. The van der Waals surface area contributed by atoms with E-state index in [2.05, 4.69) is 9.46 Å². The van der Waals surface area contributed by atoms with Crippen molar-refractivity contribution in [2.45, 2.75) is 24.8 Å². The van der Waals surface area contributed by atoms with E-state index in [1.807, 2.05) is 6.07 Å². The molecule has 3 aromatic rings. The number of hydrogen-bond acceptors (Lipinski definition) is 5. The summed E-state index contributed by atoms with van der Waals surface area (Å²) in [6.07, 6.45) is -1.03. The highest BCUT2D eigenvalue weighted by Gasteiger charge is 2.18. The first-order valence-electron chi connectivity index (χ1n) is 7.96. The summed E-state index contributed by atoms with van der Waals surface area (Å²) in [5.41, 5.74) is 0.0242. The van der Waals surface area contributed by atoms with Gasteiger partial charge < -0.3 is 5.11 Å². The van der Waals surface area contributed by atoms with Crippen molar-refractivity contribution in [2.75, 3.05) is 5.75 Å². The second-order valence-corrected chi connectivity index (χ2v) is 8.10. The molecule has 1 N–H and O–H groups in total. The molecule has 0 aliphatic heterocycles. The van der Waals surface area contributed by atoms with E-state index >= 15 is 0 Å². The zero-order valence-electron chi connectivity index (χ0n) is 14.0. The predicted molar refractivity (Wildman–Crippen MR) is 97.9 cm³/mol. The summed E-state index contributed by atoms with van der Waals surface area (Å²) in [5.74, 6) is 0.302. The molecule has 0 aliphatic rings. The van der Waals surface area contributed by atoms with Crippen molar-refractivity contribution in [3.05, 3.63) is 70.8 Å². The Morgan fingerprint density at radius 2 is 1.80 bits per heavy atom. The first-order valence-corrected chi connectivity index (χ1v) is 9.64. The second-order valence-electron chi connectivity index (χ2n) is 5.60. The Labute approximate surface area is 145 Å². The zero-order valence-corrected chi connectivity index (χ0v) is 14.8. The average Bonchev–Trinajstić information content (AvgIpc) is 2.64. The van der Waals surface area contributed by atoms with Gasteiger partial charge in [-0.1, -0.05) is 37.3 Å². The van der Waals surface area contributed by atoms with E-state index < -0.39 is 21.4 Å². The fraction of sp³-hybridized carbons (Fsp3) is 0.222. The van der Waals surface area contributed by atoms with Crippen LogP contribution >= 0.6 is 0 Å². The number of fused-ring (bicyclic) bond motifs is 1. The molecule has 2 aromatic carbocycles. The molecule has 0 amide bonds. The van der Waals surface area contributed by atoms with Gasteiger partial charge in [-0.15, -0.1) is 4.47 Å². The minimum atomic E-state index is -2.87. The predicted octanol–water partition coefficient (Wildman–Crippen LogP) is 2.76. The summed E-state index contributed by atoms with van der Waals surface area (Å²) in [5, 5.41) is 10.4. The Kier molecular flexibility index (Phi) is 4.69. The van der Waals surface area contributed by atoms with Gasteiger partial charge in [-0.25, -0.2) is 9.19 Å². The van der Waals surface area contributed by atoms with E-state index in [1.165, 1.54) is 6.92 Å². The molecule has 3 rings (SSSR count). The molecule has 0 fully saturated rings. The van der Waals surface area contributed by atoms with Crippen LogP contribution in [0.3, 0.4) is 0 Å². The van der Waals surface area contributed by atoms with Crippen LogP contribution in [0.25, 0.3) is 10.9 Å². The smallest absolute Gasteiger partial charge is 0.282 e. The molecular formula is C18H19N3O3S. The minimum absolute atomic E-state index is 0.0702. The number of hydrogen-bond donors (Lipinski definition) is 1. The fourth-order valence-corrected chi connectivity index (χ4v) is 4.07. The van der Waals surface area contributed by atoms with Crippen LogP contribution in [0.2, 0.25) is 0 Å². The standard InChI is InChI=1S/C18H19N3O3S/c1-3-25(24,14-9-5-4-6-10-14)20-21-17(13(2)22)19-16-12-8-7-11-15(16)18(21)23/h4-13,22H,3H2,1-2H3/t13-,25-/m0/s1. The van der Waals surface area contributed by atoms with Crippen LogP contribution in [-0.4, -0.2) is 24.7 Å². The Balaban J connectivity index is 2.38. The SMILES string of the molecule is CC[S@@](=O)(=Nn1c([C@H](C)O)nc2ccccc2c1=O)c1ccccc1. The van der Waals surface area contributed by atoms with Crippen LogP contribution in [-0.2, 0) is 9.73 Å². The van der Waals surface area contributed by atoms with Gasteiger partial charge in [-0.2, -0.15) is 4.68 Å². The van der Waals surface area contributed by atoms with E-state index in [4.69, 9.17) is 0 Å². The molecule has 0 saturated carbocycles.